The van der Waals surface area contributed by atoms with Gasteiger partial charge in [-0.2, -0.15) is 0 Å². The van der Waals surface area contributed by atoms with E-state index in [4.69, 9.17) is 9.47 Å². The number of rotatable bonds is 4. The molecule has 0 saturated heterocycles. The Balaban J connectivity index is 4.47. The van der Waals surface area contributed by atoms with Crippen LogP contribution in [0.1, 0.15) is 13.8 Å². The fourth-order valence-corrected chi connectivity index (χ4v) is 1.82. The van der Waals surface area contributed by atoms with E-state index in [-0.39, 0.29) is 6.16 Å². The quantitative estimate of drug-likeness (QED) is 0.500. The molecule has 0 atom stereocenters. The fraction of sp³-hybridized carbons (Fsp3) is 1.00. The Bertz CT molecular complexity index is 122. The molecule has 5 heteroatoms. The maximum absolute atomic E-state index is 9.46. The van der Waals surface area contributed by atoms with Crippen molar-refractivity contribution in [3.8, 4) is 0 Å². The maximum atomic E-state index is 9.46. The average Bonchev–Trinajstić information content (AvgIpc) is 2.02. The smallest absolute Gasteiger partial charge is 0.318 e. The van der Waals surface area contributed by atoms with Gasteiger partial charge in [-0.05, 0) is 6.92 Å². The second-order valence-corrected chi connectivity index (χ2v) is 5.26. The van der Waals surface area contributed by atoms with Crippen LogP contribution in [-0.2, 0) is 9.47 Å². The van der Waals surface area contributed by atoms with Crippen LogP contribution >= 0.6 is 7.72 Å². The van der Waals surface area contributed by atoms with Crippen LogP contribution in [-0.4, -0.2) is 35.7 Å². The summed E-state index contributed by atoms with van der Waals surface area (Å²) in [5.74, 6) is 0. The van der Waals surface area contributed by atoms with Gasteiger partial charge in [-0.25, -0.2) is 9.79 Å². The van der Waals surface area contributed by atoms with Crippen LogP contribution in [0.25, 0.3) is 0 Å². The van der Waals surface area contributed by atoms with E-state index in [9.17, 15) is 9.79 Å². The first-order valence-electron chi connectivity index (χ1n) is 3.37. The molecule has 0 saturated carbocycles. The number of methoxy groups -OCH3 is 2. The van der Waals surface area contributed by atoms with Crippen LogP contribution in [0.15, 0.2) is 0 Å². The van der Waals surface area contributed by atoms with Gasteiger partial charge in [0.05, 0.1) is 0 Å². The van der Waals surface area contributed by atoms with Gasteiger partial charge in [-0.3, -0.25) is 0 Å². The summed E-state index contributed by atoms with van der Waals surface area (Å²) in [5, 5.41) is 0. The highest BCUT2D eigenvalue weighted by atomic mass is 31.2. The van der Waals surface area contributed by atoms with Gasteiger partial charge in [-0.15, -0.1) is 0 Å². The lowest BCUT2D eigenvalue weighted by atomic mass is 10.7. The topological polar surface area (TPSA) is 58.9 Å². The van der Waals surface area contributed by atoms with Crippen molar-refractivity contribution < 1.29 is 19.3 Å². The summed E-state index contributed by atoms with van der Waals surface area (Å²) in [6.07, 6.45) is 0.255. The van der Waals surface area contributed by atoms with Gasteiger partial charge in [0.1, 0.15) is 6.16 Å². The van der Waals surface area contributed by atoms with Gasteiger partial charge < -0.3 is 9.47 Å². The van der Waals surface area contributed by atoms with Gasteiger partial charge in [-0.1, -0.05) is 0 Å². The summed E-state index contributed by atoms with van der Waals surface area (Å²) in [5.41, 5.74) is -1.25. The first-order chi connectivity index (χ1) is 4.93. The molecule has 0 fully saturated rings. The molecule has 0 rings (SSSR count). The molecule has 0 aliphatic carbocycles. The molecule has 0 spiro atoms. The standard InChI is InChI=1S/C6H16O4P/c1-5-11(7,8)6(2,9-3)10-4/h7-8H,5H2,1-4H3/q+1. The predicted molar refractivity (Wildman–Crippen MR) is 44.3 cm³/mol. The third-order valence-corrected chi connectivity index (χ3v) is 4.40. The number of hydrogen-bond donors (Lipinski definition) is 2. The zero-order valence-electron chi connectivity index (χ0n) is 7.37. The summed E-state index contributed by atoms with van der Waals surface area (Å²) in [6.45, 7) is 3.20. The highest BCUT2D eigenvalue weighted by molar-refractivity contribution is 7.65. The van der Waals surface area contributed by atoms with E-state index in [1.807, 2.05) is 0 Å². The Morgan fingerprint density at radius 3 is 1.73 bits per heavy atom. The highest BCUT2D eigenvalue weighted by Gasteiger charge is 2.55. The van der Waals surface area contributed by atoms with E-state index in [1.54, 1.807) is 6.92 Å². The molecule has 0 bridgehead atoms. The van der Waals surface area contributed by atoms with Crippen molar-refractivity contribution in [2.24, 2.45) is 0 Å². The second-order valence-electron chi connectivity index (χ2n) is 2.35. The molecule has 0 aliphatic heterocycles. The van der Waals surface area contributed by atoms with E-state index in [1.165, 1.54) is 21.1 Å². The van der Waals surface area contributed by atoms with Gasteiger partial charge in [0.25, 0.3) is 0 Å². The van der Waals surface area contributed by atoms with Gasteiger partial charge >= 0.3 is 13.2 Å². The first kappa shape index (κ1) is 11.3. The molecule has 11 heavy (non-hydrogen) atoms. The number of hydrogen-bond acceptors (Lipinski definition) is 4. The van der Waals surface area contributed by atoms with Crippen LogP contribution < -0.4 is 0 Å². The lowest BCUT2D eigenvalue weighted by Crippen LogP contribution is -2.33. The van der Waals surface area contributed by atoms with E-state index in [0.29, 0.717) is 0 Å². The summed E-state index contributed by atoms with van der Waals surface area (Å²) in [6, 6.07) is 0. The Hall–Kier alpha value is 0.270. The van der Waals surface area contributed by atoms with Gasteiger partial charge in [0.15, 0.2) is 0 Å². The Labute approximate surface area is 67.6 Å². The van der Waals surface area contributed by atoms with Crippen molar-refractivity contribution in [3.05, 3.63) is 0 Å². The fourth-order valence-electron chi connectivity index (χ4n) is 0.663. The number of ether oxygens (including phenoxy) is 2. The molecule has 0 heterocycles. The summed E-state index contributed by atoms with van der Waals surface area (Å²) in [4.78, 5) is 18.9. The molecule has 2 N–H and O–H groups in total. The van der Waals surface area contributed by atoms with Crippen LogP contribution in [0.2, 0.25) is 0 Å². The molecule has 0 aliphatic rings. The SMILES string of the molecule is CC[P+](O)(O)C(C)(OC)OC. The molecule has 0 aromatic rings. The van der Waals surface area contributed by atoms with Crippen LogP contribution in [0.4, 0.5) is 0 Å². The third-order valence-electron chi connectivity index (χ3n) is 1.85. The van der Waals surface area contributed by atoms with Crippen molar-refractivity contribution in [2.75, 3.05) is 20.4 Å². The molecular weight excluding hydrogens is 167 g/mol. The van der Waals surface area contributed by atoms with E-state index in [0.717, 1.165) is 0 Å². The van der Waals surface area contributed by atoms with Crippen molar-refractivity contribution in [2.45, 2.75) is 19.4 Å². The first-order valence-corrected chi connectivity index (χ1v) is 5.25. The van der Waals surface area contributed by atoms with Crippen molar-refractivity contribution in [1.29, 1.82) is 0 Å². The minimum Gasteiger partial charge on any atom is -0.318 e. The second kappa shape index (κ2) is 3.78. The van der Waals surface area contributed by atoms with E-state index >= 15 is 0 Å². The molecule has 0 amide bonds. The zero-order chi connectivity index (χ0) is 9.12. The van der Waals surface area contributed by atoms with E-state index < -0.39 is 13.2 Å². The van der Waals surface area contributed by atoms with E-state index in [2.05, 4.69) is 0 Å². The lowest BCUT2D eigenvalue weighted by Gasteiger charge is -2.28. The van der Waals surface area contributed by atoms with Crippen LogP contribution in [0.5, 0.6) is 0 Å². The Morgan fingerprint density at radius 2 is 1.64 bits per heavy atom. The zero-order valence-corrected chi connectivity index (χ0v) is 8.26. The highest BCUT2D eigenvalue weighted by Crippen LogP contribution is 2.62. The average molecular weight is 183 g/mol. The van der Waals surface area contributed by atoms with Gasteiger partial charge in [0, 0.05) is 21.1 Å². The van der Waals surface area contributed by atoms with Crippen LogP contribution in [0, 0.1) is 0 Å². The molecule has 0 unspecified atom stereocenters. The minimum absolute atomic E-state index is 0.255. The Morgan fingerprint density at radius 1 is 1.27 bits per heavy atom. The molecule has 0 aromatic heterocycles. The third kappa shape index (κ3) is 2.10. The molecule has 0 aromatic carbocycles. The van der Waals surface area contributed by atoms with Crippen LogP contribution in [0.3, 0.4) is 0 Å². The molecule has 68 valence electrons. The summed E-state index contributed by atoms with van der Waals surface area (Å²) >= 11 is 0. The van der Waals surface area contributed by atoms with Crippen molar-refractivity contribution in [3.63, 3.8) is 0 Å². The van der Waals surface area contributed by atoms with Gasteiger partial charge in [0.2, 0.25) is 0 Å². The summed E-state index contributed by atoms with van der Waals surface area (Å²) < 4.78 is 9.74. The minimum atomic E-state index is -3.09. The largest absolute Gasteiger partial charge is 0.335 e. The monoisotopic (exact) mass is 183 g/mol. The normalized spacial score (nSPS) is 13.6. The molecule has 0 radical (unpaired) electrons. The molecule has 4 nitrogen and oxygen atoms in total. The van der Waals surface area contributed by atoms with Crippen molar-refractivity contribution in [1.82, 2.24) is 0 Å². The van der Waals surface area contributed by atoms with Crippen molar-refractivity contribution >= 4 is 7.72 Å². The summed E-state index contributed by atoms with van der Waals surface area (Å²) in [7, 11) is -0.311. The predicted octanol–water partition coefficient (Wildman–Crippen LogP) is 0.805. The lowest BCUT2D eigenvalue weighted by molar-refractivity contribution is -0.139. The maximum Gasteiger partial charge on any atom is 0.335 e. The molecular formula is C6H16O4P+. The Kier molecular flexibility index (Phi) is 3.88.